The topological polar surface area (TPSA) is 49.4 Å². The zero-order valence-corrected chi connectivity index (χ0v) is 13.9. The smallest absolute Gasteiger partial charge is 0.236 e. The summed E-state index contributed by atoms with van der Waals surface area (Å²) < 4.78 is 0. The molecule has 1 aliphatic heterocycles. The molecule has 3 fully saturated rings. The molecular formula is C19H28N2O2. The lowest BCUT2D eigenvalue weighted by atomic mass is 9.85. The van der Waals surface area contributed by atoms with Crippen molar-refractivity contribution in [2.45, 2.75) is 70.3 Å². The van der Waals surface area contributed by atoms with Gasteiger partial charge in [-0.2, -0.15) is 0 Å². The van der Waals surface area contributed by atoms with Gasteiger partial charge in [-0.1, -0.05) is 12.5 Å². The molecule has 1 saturated heterocycles. The summed E-state index contributed by atoms with van der Waals surface area (Å²) in [7, 11) is 0. The molecule has 1 heterocycles. The monoisotopic (exact) mass is 316 g/mol. The van der Waals surface area contributed by atoms with Crippen LogP contribution in [0.2, 0.25) is 0 Å². The van der Waals surface area contributed by atoms with Gasteiger partial charge >= 0.3 is 0 Å². The maximum Gasteiger partial charge on any atom is 0.236 e. The van der Waals surface area contributed by atoms with E-state index in [2.05, 4.69) is 11.4 Å². The molecule has 0 spiro atoms. The van der Waals surface area contributed by atoms with Crippen molar-refractivity contribution in [3.8, 4) is 0 Å². The second-order valence-corrected chi connectivity index (χ2v) is 7.97. The number of nitrogens with one attached hydrogen (secondary N) is 1. The molecule has 4 unspecified atom stereocenters. The van der Waals surface area contributed by atoms with E-state index in [1.165, 1.54) is 44.2 Å². The van der Waals surface area contributed by atoms with E-state index in [-0.39, 0.29) is 18.2 Å². The van der Waals surface area contributed by atoms with E-state index in [1.807, 2.05) is 4.90 Å². The number of rotatable bonds is 3. The normalized spacial score (nSPS) is 35.7. The first-order chi connectivity index (χ1) is 11.2. The van der Waals surface area contributed by atoms with E-state index < -0.39 is 0 Å². The van der Waals surface area contributed by atoms with Crippen LogP contribution < -0.4 is 5.32 Å². The van der Waals surface area contributed by atoms with Crippen molar-refractivity contribution in [2.24, 2.45) is 17.8 Å². The number of allylic oxidation sites excluding steroid dienone is 2. The van der Waals surface area contributed by atoms with E-state index in [9.17, 15) is 9.59 Å². The Morgan fingerprint density at radius 2 is 2.00 bits per heavy atom. The summed E-state index contributed by atoms with van der Waals surface area (Å²) >= 11 is 0. The molecule has 1 N–H and O–H groups in total. The molecule has 2 amide bonds. The minimum Gasteiger partial charge on any atom is -0.353 e. The van der Waals surface area contributed by atoms with E-state index in [0.29, 0.717) is 17.9 Å². The van der Waals surface area contributed by atoms with E-state index in [1.54, 1.807) is 0 Å². The number of hydrogen-bond acceptors (Lipinski definition) is 2. The van der Waals surface area contributed by atoms with Crippen molar-refractivity contribution < 1.29 is 9.59 Å². The van der Waals surface area contributed by atoms with Crippen molar-refractivity contribution in [1.82, 2.24) is 10.2 Å². The zero-order valence-electron chi connectivity index (χ0n) is 13.9. The van der Waals surface area contributed by atoms with E-state index in [0.717, 1.165) is 31.7 Å². The Morgan fingerprint density at radius 1 is 1.13 bits per heavy atom. The summed E-state index contributed by atoms with van der Waals surface area (Å²) in [5, 5.41) is 3.15. The lowest BCUT2D eigenvalue weighted by Gasteiger charge is -2.38. The summed E-state index contributed by atoms with van der Waals surface area (Å²) in [6.07, 6.45) is 13.0. The number of nitrogens with zero attached hydrogens (tertiary/aromatic N) is 1. The minimum absolute atomic E-state index is 0.00325. The highest BCUT2D eigenvalue weighted by Gasteiger charge is 2.40. The molecule has 3 aliphatic carbocycles. The van der Waals surface area contributed by atoms with E-state index in [4.69, 9.17) is 0 Å². The quantitative estimate of drug-likeness (QED) is 0.814. The second-order valence-electron chi connectivity index (χ2n) is 7.97. The molecule has 0 aromatic rings. The fourth-order valence-electron chi connectivity index (χ4n) is 5.36. The fourth-order valence-corrected chi connectivity index (χ4v) is 5.36. The Balaban J connectivity index is 1.33. The molecule has 2 bridgehead atoms. The average molecular weight is 316 g/mol. The number of fused-ring (bicyclic) bond motifs is 3. The lowest BCUT2D eigenvalue weighted by Crippen LogP contribution is -2.43. The van der Waals surface area contributed by atoms with Crippen molar-refractivity contribution in [1.29, 1.82) is 0 Å². The summed E-state index contributed by atoms with van der Waals surface area (Å²) in [5.74, 6) is 1.97. The maximum atomic E-state index is 12.6. The molecule has 4 heteroatoms. The van der Waals surface area contributed by atoms with Crippen LogP contribution in [0.1, 0.15) is 64.2 Å². The first-order valence-electron chi connectivity index (χ1n) is 9.50. The third kappa shape index (κ3) is 3.05. The molecule has 4 rings (SSSR count). The van der Waals surface area contributed by atoms with Gasteiger partial charge in [0.1, 0.15) is 6.42 Å². The predicted octanol–water partition coefficient (Wildman–Crippen LogP) is 2.99. The van der Waals surface area contributed by atoms with Gasteiger partial charge in [-0.05, 0) is 69.1 Å². The molecule has 0 aromatic heterocycles. The van der Waals surface area contributed by atoms with E-state index >= 15 is 0 Å². The first kappa shape index (κ1) is 15.2. The van der Waals surface area contributed by atoms with Gasteiger partial charge in [-0.15, -0.1) is 0 Å². The van der Waals surface area contributed by atoms with Gasteiger partial charge in [0.2, 0.25) is 11.8 Å². The van der Waals surface area contributed by atoms with Crippen molar-refractivity contribution in [3.05, 3.63) is 11.8 Å². The number of piperidine rings is 1. The average Bonchev–Trinajstić information content (AvgIpc) is 3.17. The van der Waals surface area contributed by atoms with Gasteiger partial charge in [0.25, 0.3) is 0 Å². The number of carbonyl (C=O) groups excluding carboxylic acids is 2. The van der Waals surface area contributed by atoms with Crippen molar-refractivity contribution in [2.75, 3.05) is 6.54 Å². The maximum absolute atomic E-state index is 12.6. The number of likely N-dealkylation sites (tertiary alicyclic amines) is 1. The molecular weight excluding hydrogens is 288 g/mol. The standard InChI is InChI=1S/C19H28N2O2/c22-18(20-16-11-13-7-8-15(16)10-13)12-19(23)21-9-3-5-14-4-1-2-6-17(14)21/h6,13-16H,1-5,7-12H2,(H,20,22). The van der Waals surface area contributed by atoms with Gasteiger partial charge in [0.05, 0.1) is 0 Å². The van der Waals surface area contributed by atoms with Crippen LogP contribution in [-0.4, -0.2) is 29.3 Å². The van der Waals surface area contributed by atoms with Crippen LogP contribution in [0.25, 0.3) is 0 Å². The Labute approximate surface area is 138 Å². The van der Waals surface area contributed by atoms with Gasteiger partial charge in [0, 0.05) is 18.3 Å². The number of hydrogen-bond donors (Lipinski definition) is 1. The zero-order chi connectivity index (χ0) is 15.8. The van der Waals surface area contributed by atoms with Crippen LogP contribution in [0.15, 0.2) is 11.8 Å². The molecule has 4 nitrogen and oxygen atoms in total. The second kappa shape index (κ2) is 6.29. The Kier molecular flexibility index (Phi) is 4.16. The summed E-state index contributed by atoms with van der Waals surface area (Å²) in [6.45, 7) is 0.794. The lowest BCUT2D eigenvalue weighted by molar-refractivity contribution is -0.136. The molecule has 0 aromatic carbocycles. The van der Waals surface area contributed by atoms with Crippen LogP contribution in [0, 0.1) is 17.8 Å². The molecule has 126 valence electrons. The van der Waals surface area contributed by atoms with Crippen LogP contribution in [0.5, 0.6) is 0 Å². The molecule has 0 radical (unpaired) electrons. The highest BCUT2D eigenvalue weighted by Crippen LogP contribution is 2.44. The van der Waals surface area contributed by atoms with Gasteiger partial charge in [-0.25, -0.2) is 0 Å². The molecule has 2 saturated carbocycles. The van der Waals surface area contributed by atoms with Crippen molar-refractivity contribution >= 4 is 11.8 Å². The highest BCUT2D eigenvalue weighted by molar-refractivity contribution is 5.97. The first-order valence-corrected chi connectivity index (χ1v) is 9.50. The Hall–Kier alpha value is -1.32. The third-order valence-electron chi connectivity index (χ3n) is 6.47. The van der Waals surface area contributed by atoms with Gasteiger partial charge < -0.3 is 10.2 Å². The van der Waals surface area contributed by atoms with Crippen molar-refractivity contribution in [3.63, 3.8) is 0 Å². The fraction of sp³-hybridized carbons (Fsp3) is 0.789. The van der Waals surface area contributed by atoms with Crippen LogP contribution >= 0.6 is 0 Å². The minimum atomic E-state index is -0.0638. The summed E-state index contributed by atoms with van der Waals surface area (Å²) in [6, 6.07) is 0.331. The Bertz CT molecular complexity index is 527. The number of amides is 2. The predicted molar refractivity (Wildman–Crippen MR) is 88.4 cm³/mol. The summed E-state index contributed by atoms with van der Waals surface area (Å²) in [4.78, 5) is 26.8. The largest absolute Gasteiger partial charge is 0.353 e. The SMILES string of the molecule is O=C(CC(=O)N1CCCC2CCCC=C21)NC1CC2CCC1C2. The molecule has 23 heavy (non-hydrogen) atoms. The van der Waals surface area contributed by atoms with Crippen LogP contribution in [0.4, 0.5) is 0 Å². The van der Waals surface area contributed by atoms with Crippen LogP contribution in [-0.2, 0) is 9.59 Å². The van der Waals surface area contributed by atoms with Crippen LogP contribution in [0.3, 0.4) is 0 Å². The summed E-state index contributed by atoms with van der Waals surface area (Å²) in [5.41, 5.74) is 1.21. The Morgan fingerprint density at radius 3 is 2.78 bits per heavy atom. The molecule has 4 aliphatic rings. The third-order valence-corrected chi connectivity index (χ3v) is 6.47. The highest BCUT2D eigenvalue weighted by atomic mass is 16.2. The van der Waals surface area contributed by atoms with Gasteiger partial charge in [0.15, 0.2) is 0 Å². The van der Waals surface area contributed by atoms with Gasteiger partial charge in [-0.3, -0.25) is 9.59 Å². The number of carbonyl (C=O) groups is 2. The molecule has 4 atom stereocenters.